The summed E-state index contributed by atoms with van der Waals surface area (Å²) in [7, 11) is 0. The van der Waals surface area contributed by atoms with E-state index in [0.29, 0.717) is 5.56 Å². The first-order valence-corrected chi connectivity index (χ1v) is 9.92. The Kier molecular flexibility index (Phi) is 5.91. The molecule has 1 aliphatic heterocycles. The molecule has 2 atom stereocenters. The average Bonchev–Trinajstić information content (AvgIpc) is 3.25. The highest BCUT2D eigenvalue weighted by atomic mass is 16.5. The largest absolute Gasteiger partial charge is 0.451 e. The molecule has 2 aliphatic rings. The van der Waals surface area contributed by atoms with Gasteiger partial charge in [-0.25, -0.2) is 4.79 Å². The normalized spacial score (nSPS) is 23.1. The van der Waals surface area contributed by atoms with Crippen LogP contribution in [0.15, 0.2) is 24.3 Å². The van der Waals surface area contributed by atoms with Crippen LogP contribution in [0, 0.1) is 6.92 Å². The monoisotopic (exact) mass is 401 g/mol. The van der Waals surface area contributed by atoms with E-state index in [1.807, 2.05) is 19.1 Å². The van der Waals surface area contributed by atoms with E-state index in [2.05, 4.69) is 10.6 Å². The molecule has 156 valence electrons. The number of nitrogens with zero attached hydrogens (tertiary/aromatic N) is 1. The van der Waals surface area contributed by atoms with Crippen LogP contribution in [0.3, 0.4) is 0 Å². The van der Waals surface area contributed by atoms with Crippen molar-refractivity contribution in [3.8, 4) is 0 Å². The van der Waals surface area contributed by atoms with Crippen molar-refractivity contribution in [3.63, 3.8) is 0 Å². The van der Waals surface area contributed by atoms with Gasteiger partial charge in [0.25, 0.3) is 11.8 Å². The van der Waals surface area contributed by atoms with E-state index in [-0.39, 0.29) is 11.9 Å². The molecule has 1 aromatic carbocycles. The summed E-state index contributed by atoms with van der Waals surface area (Å²) in [6.07, 6.45) is 3.00. The summed E-state index contributed by atoms with van der Waals surface area (Å²) >= 11 is 0. The number of hydrogen-bond acceptors (Lipinski definition) is 5. The van der Waals surface area contributed by atoms with Crippen LogP contribution in [0.1, 0.15) is 50.7 Å². The lowest BCUT2D eigenvalue weighted by Gasteiger charge is -2.22. The Labute approximate surface area is 170 Å². The number of carbonyl (C=O) groups excluding carboxylic acids is 4. The molecule has 2 fully saturated rings. The molecule has 0 bridgehead atoms. The number of amides is 4. The number of rotatable bonds is 6. The second kappa shape index (κ2) is 8.23. The predicted molar refractivity (Wildman–Crippen MR) is 105 cm³/mol. The van der Waals surface area contributed by atoms with Crippen LogP contribution < -0.4 is 10.6 Å². The van der Waals surface area contributed by atoms with Gasteiger partial charge < -0.3 is 15.4 Å². The van der Waals surface area contributed by atoms with Gasteiger partial charge in [-0.1, -0.05) is 42.7 Å². The van der Waals surface area contributed by atoms with Crippen LogP contribution in [-0.2, 0) is 24.7 Å². The van der Waals surface area contributed by atoms with Crippen molar-refractivity contribution in [3.05, 3.63) is 35.4 Å². The van der Waals surface area contributed by atoms with Crippen molar-refractivity contribution in [2.24, 2.45) is 0 Å². The molecular formula is C21H27N3O5. The van der Waals surface area contributed by atoms with Gasteiger partial charge in [-0.3, -0.25) is 19.3 Å². The number of hydrogen-bond donors (Lipinski definition) is 2. The lowest BCUT2D eigenvalue weighted by molar-refractivity contribution is -0.156. The van der Waals surface area contributed by atoms with Crippen LogP contribution in [0.5, 0.6) is 0 Å². The van der Waals surface area contributed by atoms with E-state index >= 15 is 0 Å². The topological polar surface area (TPSA) is 105 Å². The van der Waals surface area contributed by atoms with E-state index < -0.39 is 36.1 Å². The molecule has 1 heterocycles. The van der Waals surface area contributed by atoms with E-state index in [4.69, 9.17) is 4.74 Å². The Bertz CT molecular complexity index is 816. The minimum atomic E-state index is -1.25. The van der Waals surface area contributed by atoms with Crippen molar-refractivity contribution in [2.45, 2.75) is 64.1 Å². The lowest BCUT2D eigenvalue weighted by Crippen LogP contribution is -2.44. The summed E-state index contributed by atoms with van der Waals surface area (Å²) in [4.78, 5) is 50.4. The molecule has 1 saturated carbocycles. The summed E-state index contributed by atoms with van der Waals surface area (Å²) in [6.45, 7) is 4.45. The van der Waals surface area contributed by atoms with Gasteiger partial charge in [0.2, 0.25) is 0 Å². The number of aryl methyl sites for hydroxylation is 1. The molecule has 4 amide bonds. The fourth-order valence-corrected chi connectivity index (χ4v) is 3.73. The maximum atomic E-state index is 12.9. The summed E-state index contributed by atoms with van der Waals surface area (Å²) in [5.41, 5.74) is 0.400. The maximum Gasteiger partial charge on any atom is 0.327 e. The zero-order chi connectivity index (χ0) is 21.2. The maximum absolute atomic E-state index is 12.9. The van der Waals surface area contributed by atoms with Gasteiger partial charge in [0.05, 0.1) is 0 Å². The average molecular weight is 401 g/mol. The van der Waals surface area contributed by atoms with Crippen molar-refractivity contribution in [2.75, 3.05) is 6.54 Å². The molecule has 3 rings (SSSR count). The molecule has 1 aliphatic carbocycles. The van der Waals surface area contributed by atoms with Crippen molar-refractivity contribution < 1.29 is 23.9 Å². The van der Waals surface area contributed by atoms with Gasteiger partial charge in [-0.2, -0.15) is 0 Å². The first-order valence-electron chi connectivity index (χ1n) is 9.92. The van der Waals surface area contributed by atoms with Gasteiger partial charge in [0, 0.05) is 6.04 Å². The third-order valence-corrected chi connectivity index (χ3v) is 5.57. The fourth-order valence-electron chi connectivity index (χ4n) is 3.73. The number of ether oxygens (including phenoxy) is 1. The molecule has 1 saturated heterocycles. The van der Waals surface area contributed by atoms with Gasteiger partial charge in [-0.05, 0) is 39.2 Å². The smallest absolute Gasteiger partial charge is 0.327 e. The fraction of sp³-hybridized carbons (Fsp3) is 0.524. The van der Waals surface area contributed by atoms with Crippen LogP contribution in [0.25, 0.3) is 0 Å². The van der Waals surface area contributed by atoms with Crippen LogP contribution in [0.2, 0.25) is 0 Å². The Morgan fingerprint density at radius 3 is 2.48 bits per heavy atom. The summed E-state index contributed by atoms with van der Waals surface area (Å²) < 4.78 is 5.15. The Hall–Kier alpha value is -2.90. The lowest BCUT2D eigenvalue weighted by atomic mass is 9.91. The second-order valence-electron chi connectivity index (χ2n) is 7.93. The first kappa shape index (κ1) is 20.8. The highest BCUT2D eigenvalue weighted by Crippen LogP contribution is 2.29. The van der Waals surface area contributed by atoms with Crippen molar-refractivity contribution in [1.29, 1.82) is 0 Å². The Morgan fingerprint density at radius 1 is 1.24 bits per heavy atom. The van der Waals surface area contributed by atoms with E-state index in [1.54, 1.807) is 19.1 Å². The highest BCUT2D eigenvalue weighted by Gasteiger charge is 2.49. The standard InChI is InChI=1S/C21H27N3O5/c1-13-8-10-15(11-9-13)21(3)19(27)24(20(28)23-21)12-17(25)29-14(2)18(26)22-16-6-4-5-7-16/h8-11,14,16H,4-7,12H2,1-3H3,(H,22,26)(H,23,28)/t14-,21+/m0/s1. The van der Waals surface area contributed by atoms with Crippen molar-refractivity contribution >= 4 is 23.8 Å². The molecule has 8 nitrogen and oxygen atoms in total. The third-order valence-electron chi connectivity index (χ3n) is 5.57. The number of benzene rings is 1. The van der Waals surface area contributed by atoms with Crippen molar-refractivity contribution in [1.82, 2.24) is 15.5 Å². The van der Waals surface area contributed by atoms with E-state index in [1.165, 1.54) is 6.92 Å². The highest BCUT2D eigenvalue weighted by molar-refractivity contribution is 6.08. The molecule has 2 N–H and O–H groups in total. The van der Waals surface area contributed by atoms with Crippen LogP contribution >= 0.6 is 0 Å². The molecule has 29 heavy (non-hydrogen) atoms. The van der Waals surface area contributed by atoms with Gasteiger partial charge >= 0.3 is 12.0 Å². The van der Waals surface area contributed by atoms with Crippen LogP contribution in [-0.4, -0.2) is 47.4 Å². The van der Waals surface area contributed by atoms with E-state index in [9.17, 15) is 19.2 Å². The van der Waals surface area contributed by atoms with Gasteiger partial charge in [-0.15, -0.1) is 0 Å². The summed E-state index contributed by atoms with van der Waals surface area (Å²) in [5, 5.41) is 5.50. The zero-order valence-electron chi connectivity index (χ0n) is 17.0. The molecule has 1 aromatic rings. The first-order chi connectivity index (χ1) is 13.7. The molecular weight excluding hydrogens is 374 g/mol. The second-order valence-corrected chi connectivity index (χ2v) is 7.93. The number of nitrogens with one attached hydrogen (secondary N) is 2. The molecule has 0 unspecified atom stereocenters. The number of urea groups is 1. The Morgan fingerprint density at radius 2 is 1.86 bits per heavy atom. The SMILES string of the molecule is Cc1ccc([C@@]2(C)NC(=O)N(CC(=O)O[C@@H](C)C(=O)NC3CCCC3)C2=O)cc1. The molecule has 0 aromatic heterocycles. The minimum absolute atomic E-state index is 0.116. The van der Waals surface area contributed by atoms with Gasteiger partial charge in [0.1, 0.15) is 12.1 Å². The number of carbonyl (C=O) groups is 4. The summed E-state index contributed by atoms with van der Waals surface area (Å²) in [5.74, 6) is -1.71. The predicted octanol–water partition coefficient (Wildman–Crippen LogP) is 1.75. The summed E-state index contributed by atoms with van der Waals surface area (Å²) in [6, 6.07) is 6.68. The quantitative estimate of drug-likeness (QED) is 0.558. The number of imide groups is 1. The third kappa shape index (κ3) is 4.41. The van der Waals surface area contributed by atoms with Gasteiger partial charge in [0.15, 0.2) is 6.10 Å². The Balaban J connectivity index is 1.59. The minimum Gasteiger partial charge on any atom is -0.451 e. The van der Waals surface area contributed by atoms with Crippen LogP contribution in [0.4, 0.5) is 4.79 Å². The van der Waals surface area contributed by atoms with E-state index in [0.717, 1.165) is 36.1 Å². The molecule has 0 spiro atoms. The molecule has 0 radical (unpaired) electrons. The number of esters is 1. The molecule has 8 heteroatoms. The zero-order valence-corrected chi connectivity index (χ0v) is 17.0.